The van der Waals surface area contributed by atoms with E-state index in [9.17, 15) is 4.79 Å². The average molecular weight is 222 g/mol. The molecule has 78 valence electrons. The number of fused-ring (bicyclic) bond motifs is 4. The number of likely N-dealkylation sites (tertiary alicyclic amines) is 1. The molecule has 15 heavy (non-hydrogen) atoms. The molecule has 1 aliphatic carbocycles. The molecule has 0 aromatic heterocycles. The first kappa shape index (κ1) is 9.22. The normalized spacial score (nSPS) is 28.1. The Morgan fingerprint density at radius 3 is 3.07 bits per heavy atom. The lowest BCUT2D eigenvalue weighted by Crippen LogP contribution is -2.23. The van der Waals surface area contributed by atoms with Crippen LogP contribution in [0.5, 0.6) is 0 Å². The number of rotatable bonds is 0. The molecule has 2 atom stereocenters. The van der Waals surface area contributed by atoms with Crippen molar-refractivity contribution < 1.29 is 4.79 Å². The molecule has 2 nitrogen and oxygen atoms in total. The van der Waals surface area contributed by atoms with Crippen LogP contribution in [0.2, 0.25) is 5.02 Å². The molecule has 3 heteroatoms. The number of carbonyl (C=O) groups is 1. The van der Waals surface area contributed by atoms with Crippen LogP contribution in [0, 0.1) is 5.92 Å². The predicted octanol–water partition coefficient (Wildman–Crippen LogP) is 2.42. The largest absolute Gasteiger partial charge is 0.338 e. The minimum Gasteiger partial charge on any atom is -0.338 e. The maximum absolute atomic E-state index is 11.8. The summed E-state index contributed by atoms with van der Waals surface area (Å²) in [7, 11) is 1.89. The Balaban J connectivity index is 2.14. The molecule has 1 aromatic rings. The van der Waals surface area contributed by atoms with Crippen LogP contribution in [0.3, 0.4) is 0 Å². The quantitative estimate of drug-likeness (QED) is 0.659. The van der Waals surface area contributed by atoms with Gasteiger partial charge in [-0.3, -0.25) is 4.79 Å². The van der Waals surface area contributed by atoms with Crippen LogP contribution in [-0.4, -0.2) is 17.9 Å². The molecule has 2 aliphatic rings. The van der Waals surface area contributed by atoms with Gasteiger partial charge in [0.25, 0.3) is 0 Å². The van der Waals surface area contributed by atoms with Crippen LogP contribution in [0.4, 0.5) is 0 Å². The Morgan fingerprint density at radius 1 is 1.47 bits per heavy atom. The molecule has 1 aromatic carbocycles. The van der Waals surface area contributed by atoms with Gasteiger partial charge in [-0.1, -0.05) is 17.7 Å². The van der Waals surface area contributed by atoms with Crippen LogP contribution >= 0.6 is 11.6 Å². The molecule has 1 aliphatic heterocycles. The summed E-state index contributed by atoms with van der Waals surface area (Å²) in [5.74, 6) is 0.487. The van der Waals surface area contributed by atoms with E-state index >= 15 is 0 Å². The van der Waals surface area contributed by atoms with Crippen molar-refractivity contribution in [2.24, 2.45) is 5.92 Å². The van der Waals surface area contributed by atoms with Crippen molar-refractivity contribution in [2.45, 2.75) is 18.9 Å². The van der Waals surface area contributed by atoms with Gasteiger partial charge in [-0.05, 0) is 36.1 Å². The lowest BCUT2D eigenvalue weighted by molar-refractivity contribution is -0.130. The highest BCUT2D eigenvalue weighted by atomic mass is 35.5. The van der Waals surface area contributed by atoms with Crippen molar-refractivity contribution in [3.8, 4) is 0 Å². The van der Waals surface area contributed by atoms with Gasteiger partial charge in [-0.25, -0.2) is 0 Å². The van der Waals surface area contributed by atoms with Crippen LogP contribution in [0.15, 0.2) is 18.2 Å². The molecular formula is C12H12ClNO. The van der Waals surface area contributed by atoms with Gasteiger partial charge in [-0.15, -0.1) is 0 Å². The first-order valence-corrected chi connectivity index (χ1v) is 5.59. The van der Waals surface area contributed by atoms with Crippen LogP contribution in [0.25, 0.3) is 0 Å². The molecule has 0 radical (unpaired) electrons. The summed E-state index contributed by atoms with van der Waals surface area (Å²) < 4.78 is 0. The second-order valence-electron chi connectivity index (χ2n) is 4.44. The van der Waals surface area contributed by atoms with E-state index in [-0.39, 0.29) is 17.9 Å². The fourth-order valence-electron chi connectivity index (χ4n) is 2.80. The van der Waals surface area contributed by atoms with Crippen molar-refractivity contribution in [3.05, 3.63) is 34.3 Å². The number of hydrogen-bond donors (Lipinski definition) is 0. The summed E-state index contributed by atoms with van der Waals surface area (Å²) >= 11 is 5.99. The van der Waals surface area contributed by atoms with Crippen LogP contribution in [-0.2, 0) is 11.2 Å². The predicted molar refractivity (Wildman–Crippen MR) is 58.8 cm³/mol. The molecule has 1 saturated heterocycles. The van der Waals surface area contributed by atoms with E-state index in [1.54, 1.807) is 0 Å². The Hall–Kier alpha value is -1.02. The fraction of sp³-hybridized carbons (Fsp3) is 0.417. The summed E-state index contributed by atoms with van der Waals surface area (Å²) in [4.78, 5) is 13.7. The minimum atomic E-state index is 0.202. The summed E-state index contributed by atoms with van der Waals surface area (Å²) in [5.41, 5.74) is 2.53. The standard InChI is InChI=1S/C12H12ClNO/c1-14-11-5-8(12(14)15)4-7-2-3-9(13)6-10(7)11/h2-3,6,8,11H,4-5H2,1H3. The first-order chi connectivity index (χ1) is 7.16. The maximum atomic E-state index is 11.8. The van der Waals surface area contributed by atoms with E-state index in [1.165, 1.54) is 11.1 Å². The molecule has 1 fully saturated rings. The molecule has 0 saturated carbocycles. The van der Waals surface area contributed by atoms with Crippen LogP contribution in [0.1, 0.15) is 23.6 Å². The minimum absolute atomic E-state index is 0.202. The van der Waals surface area contributed by atoms with Crippen molar-refractivity contribution in [1.29, 1.82) is 0 Å². The molecule has 0 N–H and O–H groups in total. The highest BCUT2D eigenvalue weighted by Gasteiger charge is 2.42. The van der Waals surface area contributed by atoms with Gasteiger partial charge in [0.05, 0.1) is 6.04 Å². The van der Waals surface area contributed by atoms with Gasteiger partial charge in [0.15, 0.2) is 0 Å². The fourth-order valence-corrected chi connectivity index (χ4v) is 2.98. The molecule has 2 bridgehead atoms. The highest BCUT2D eigenvalue weighted by molar-refractivity contribution is 6.30. The third-order valence-electron chi connectivity index (χ3n) is 3.61. The molecular weight excluding hydrogens is 210 g/mol. The van der Waals surface area contributed by atoms with Gasteiger partial charge in [0, 0.05) is 18.0 Å². The number of nitrogens with zero attached hydrogens (tertiary/aromatic N) is 1. The Bertz CT molecular complexity index is 443. The number of halogens is 1. The average Bonchev–Trinajstić information content (AvgIpc) is 2.46. The van der Waals surface area contributed by atoms with E-state index in [0.29, 0.717) is 0 Å². The zero-order chi connectivity index (χ0) is 10.6. The van der Waals surface area contributed by atoms with Gasteiger partial charge in [0.2, 0.25) is 5.91 Å². The second kappa shape index (κ2) is 2.99. The zero-order valence-electron chi connectivity index (χ0n) is 8.53. The topological polar surface area (TPSA) is 20.3 Å². The Morgan fingerprint density at radius 2 is 2.27 bits per heavy atom. The van der Waals surface area contributed by atoms with Gasteiger partial charge in [-0.2, -0.15) is 0 Å². The summed E-state index contributed by atoms with van der Waals surface area (Å²) in [6, 6.07) is 6.23. The van der Waals surface area contributed by atoms with Gasteiger partial charge < -0.3 is 4.90 Å². The molecule has 3 rings (SSSR count). The number of carbonyl (C=O) groups excluding carboxylic acids is 1. The SMILES string of the molecule is CN1C(=O)C2Cc3ccc(Cl)cc3C1C2. The van der Waals surface area contributed by atoms with E-state index in [4.69, 9.17) is 11.6 Å². The summed E-state index contributed by atoms with van der Waals surface area (Å²) in [6.45, 7) is 0. The lowest BCUT2D eigenvalue weighted by Gasteiger charge is -2.24. The van der Waals surface area contributed by atoms with Crippen molar-refractivity contribution >= 4 is 17.5 Å². The van der Waals surface area contributed by atoms with Crippen molar-refractivity contribution in [3.63, 3.8) is 0 Å². The third kappa shape index (κ3) is 1.21. The molecule has 0 spiro atoms. The maximum Gasteiger partial charge on any atom is 0.226 e. The van der Waals surface area contributed by atoms with Crippen molar-refractivity contribution in [2.75, 3.05) is 7.05 Å². The third-order valence-corrected chi connectivity index (χ3v) is 3.84. The van der Waals surface area contributed by atoms with Gasteiger partial charge in [0.1, 0.15) is 0 Å². The monoisotopic (exact) mass is 221 g/mol. The van der Waals surface area contributed by atoms with Crippen LogP contribution < -0.4 is 0 Å². The zero-order valence-corrected chi connectivity index (χ0v) is 9.29. The summed E-state index contributed by atoms with van der Waals surface area (Å²) in [5, 5.41) is 0.764. The first-order valence-electron chi connectivity index (χ1n) is 5.22. The number of hydrogen-bond acceptors (Lipinski definition) is 1. The molecule has 1 heterocycles. The Labute approximate surface area is 93.8 Å². The summed E-state index contributed by atoms with van der Waals surface area (Å²) in [6.07, 6.45) is 1.84. The van der Waals surface area contributed by atoms with E-state index in [1.807, 2.05) is 24.1 Å². The van der Waals surface area contributed by atoms with Gasteiger partial charge >= 0.3 is 0 Å². The van der Waals surface area contributed by atoms with E-state index in [0.717, 1.165) is 17.9 Å². The number of benzene rings is 1. The smallest absolute Gasteiger partial charge is 0.226 e. The highest BCUT2D eigenvalue weighted by Crippen LogP contribution is 2.43. The molecule has 2 unspecified atom stereocenters. The second-order valence-corrected chi connectivity index (χ2v) is 4.88. The lowest BCUT2D eigenvalue weighted by atomic mass is 9.84. The van der Waals surface area contributed by atoms with Crippen molar-refractivity contribution in [1.82, 2.24) is 4.90 Å². The van der Waals surface area contributed by atoms with E-state index in [2.05, 4.69) is 6.07 Å². The van der Waals surface area contributed by atoms with E-state index < -0.39 is 0 Å². The number of amides is 1. The Kier molecular flexibility index (Phi) is 1.84. The molecule has 1 amide bonds.